The van der Waals surface area contributed by atoms with Gasteiger partial charge in [-0.3, -0.25) is 0 Å². The molecule has 0 bridgehead atoms. The molecule has 3 atom stereocenters. The molecule has 0 aliphatic carbocycles. The number of hydrogen-bond donors (Lipinski definition) is 3. The van der Waals surface area contributed by atoms with Gasteiger partial charge in [0.25, 0.3) is 5.72 Å². The summed E-state index contributed by atoms with van der Waals surface area (Å²) in [7, 11) is 0. The van der Waals surface area contributed by atoms with Gasteiger partial charge in [-0.15, -0.1) is 0 Å². The lowest BCUT2D eigenvalue weighted by Crippen LogP contribution is -2.54. The zero-order valence-electron chi connectivity index (χ0n) is 13.5. The Morgan fingerprint density at radius 3 is 2.46 bits per heavy atom. The van der Waals surface area contributed by atoms with Gasteiger partial charge in [-0.1, -0.05) is 42.5 Å². The summed E-state index contributed by atoms with van der Waals surface area (Å²) in [6.07, 6.45) is 1.17. The van der Waals surface area contributed by atoms with Crippen LogP contribution in [0.2, 0.25) is 0 Å². The summed E-state index contributed by atoms with van der Waals surface area (Å²) in [5, 5.41) is 28.1. The molecular formula is C18H15FN4O3. The second-order valence-corrected chi connectivity index (χ2v) is 6.09. The number of carbonyl (C=O) groups is 1. The predicted molar refractivity (Wildman–Crippen MR) is 89.8 cm³/mol. The topological polar surface area (TPSA) is 100 Å². The van der Waals surface area contributed by atoms with Crippen LogP contribution in [0.25, 0.3) is 0 Å². The van der Waals surface area contributed by atoms with Gasteiger partial charge in [-0.2, -0.15) is 14.8 Å². The van der Waals surface area contributed by atoms with E-state index in [9.17, 15) is 19.4 Å². The summed E-state index contributed by atoms with van der Waals surface area (Å²) in [6, 6.07) is 13.9. The summed E-state index contributed by atoms with van der Waals surface area (Å²) < 4.78 is 14.3. The molecule has 3 aromatic rings. The zero-order valence-corrected chi connectivity index (χ0v) is 13.5. The fourth-order valence-corrected chi connectivity index (χ4v) is 3.43. The number of aliphatic hydroxyl groups is 1. The molecule has 132 valence electrons. The number of benzene rings is 2. The first kappa shape index (κ1) is 16.2. The van der Waals surface area contributed by atoms with Crippen molar-refractivity contribution >= 4 is 11.9 Å². The van der Waals surface area contributed by atoms with Gasteiger partial charge in [0, 0.05) is 0 Å². The molecule has 0 amide bonds. The minimum absolute atomic E-state index is 0.141. The largest absolute Gasteiger partial charge is 0.478 e. The Bertz CT molecular complexity index is 945. The van der Waals surface area contributed by atoms with Gasteiger partial charge in [-0.25, -0.2) is 9.18 Å². The first-order valence-corrected chi connectivity index (χ1v) is 7.95. The highest BCUT2D eigenvalue weighted by molar-refractivity contribution is 5.78. The molecular weight excluding hydrogens is 339 g/mol. The van der Waals surface area contributed by atoms with E-state index in [0.29, 0.717) is 5.56 Å². The third-order valence-corrected chi connectivity index (χ3v) is 4.62. The summed E-state index contributed by atoms with van der Waals surface area (Å²) >= 11 is 0. The summed E-state index contributed by atoms with van der Waals surface area (Å²) in [6.45, 7) is 0. The van der Waals surface area contributed by atoms with Crippen LogP contribution in [-0.4, -0.2) is 30.9 Å². The van der Waals surface area contributed by atoms with Gasteiger partial charge < -0.3 is 15.5 Å². The fourth-order valence-electron chi connectivity index (χ4n) is 3.43. The number of halogens is 1. The minimum atomic E-state index is -2.39. The number of aliphatic carboxylic acids is 1. The Labute approximate surface area is 147 Å². The molecule has 1 aliphatic heterocycles. The molecule has 0 saturated carbocycles. The van der Waals surface area contributed by atoms with E-state index in [0.717, 1.165) is 10.2 Å². The maximum Gasteiger partial charge on any atom is 0.360 e. The first-order chi connectivity index (χ1) is 12.5. The van der Waals surface area contributed by atoms with E-state index >= 15 is 0 Å². The van der Waals surface area contributed by atoms with Crippen LogP contribution in [0.3, 0.4) is 0 Å². The van der Waals surface area contributed by atoms with Crippen LogP contribution in [0, 0.1) is 5.82 Å². The third kappa shape index (κ3) is 2.34. The second-order valence-electron chi connectivity index (χ2n) is 6.09. The summed E-state index contributed by atoms with van der Waals surface area (Å²) in [5.74, 6) is -2.76. The van der Waals surface area contributed by atoms with Gasteiger partial charge >= 0.3 is 5.97 Å². The molecule has 0 saturated heterocycles. The minimum Gasteiger partial charge on any atom is -0.478 e. The Hall–Kier alpha value is -3.26. The van der Waals surface area contributed by atoms with Crippen LogP contribution in [0.4, 0.5) is 10.3 Å². The lowest BCUT2D eigenvalue weighted by Gasteiger charge is -2.42. The fraction of sp³-hybridized carbons (Fsp3) is 0.167. The molecule has 4 rings (SSSR count). The van der Waals surface area contributed by atoms with Gasteiger partial charge in [0.1, 0.15) is 12.1 Å². The number of nitrogens with zero attached hydrogens (tertiary/aromatic N) is 3. The van der Waals surface area contributed by atoms with Gasteiger partial charge in [0.2, 0.25) is 5.95 Å². The molecule has 0 fully saturated rings. The van der Waals surface area contributed by atoms with Crippen molar-refractivity contribution in [3.63, 3.8) is 0 Å². The SMILES string of the molecule is O=C(O)[C@]1(O)[C@H](c2ccc(F)cc2)[C@@H](c2ccccc2)Nc2ncnn21. The van der Waals surface area contributed by atoms with Gasteiger partial charge in [0.05, 0.1) is 12.0 Å². The summed E-state index contributed by atoms with van der Waals surface area (Å²) in [4.78, 5) is 16.1. The van der Waals surface area contributed by atoms with Crippen molar-refractivity contribution in [3.05, 3.63) is 77.9 Å². The molecule has 1 aliphatic rings. The monoisotopic (exact) mass is 354 g/mol. The molecule has 2 heterocycles. The second kappa shape index (κ2) is 5.92. The van der Waals surface area contributed by atoms with Crippen molar-refractivity contribution in [3.8, 4) is 0 Å². The maximum atomic E-state index is 13.4. The van der Waals surface area contributed by atoms with Crippen LogP contribution in [0.15, 0.2) is 60.9 Å². The average Bonchev–Trinajstić information content (AvgIpc) is 3.12. The molecule has 2 aromatic carbocycles. The van der Waals surface area contributed by atoms with Crippen LogP contribution in [-0.2, 0) is 10.5 Å². The van der Waals surface area contributed by atoms with Crippen molar-refractivity contribution in [2.45, 2.75) is 17.7 Å². The van der Waals surface area contributed by atoms with E-state index in [1.165, 1.54) is 30.6 Å². The molecule has 7 nitrogen and oxygen atoms in total. The zero-order chi connectivity index (χ0) is 18.3. The standard InChI is InChI=1S/C18H15FN4O3/c19-13-8-6-11(7-9-13)14-15(12-4-2-1-3-5-12)22-17-20-10-21-23(17)18(14,26)16(24)25/h1-10,14-15,26H,(H,24,25)(H,20,21,22)/t14-,15-,18-/m1/s1. The highest BCUT2D eigenvalue weighted by atomic mass is 19.1. The third-order valence-electron chi connectivity index (χ3n) is 4.62. The molecule has 0 spiro atoms. The first-order valence-electron chi connectivity index (χ1n) is 7.95. The van der Waals surface area contributed by atoms with E-state index in [-0.39, 0.29) is 5.95 Å². The smallest absolute Gasteiger partial charge is 0.360 e. The van der Waals surface area contributed by atoms with E-state index < -0.39 is 29.5 Å². The molecule has 0 radical (unpaired) electrons. The quantitative estimate of drug-likeness (QED) is 0.666. The lowest BCUT2D eigenvalue weighted by molar-refractivity contribution is -0.179. The van der Waals surface area contributed by atoms with Crippen molar-refractivity contribution in [2.24, 2.45) is 0 Å². The number of fused-ring (bicyclic) bond motifs is 1. The maximum absolute atomic E-state index is 13.4. The number of anilines is 1. The molecule has 8 heteroatoms. The highest BCUT2D eigenvalue weighted by Gasteiger charge is 2.56. The van der Waals surface area contributed by atoms with Crippen LogP contribution >= 0.6 is 0 Å². The van der Waals surface area contributed by atoms with E-state index in [2.05, 4.69) is 15.4 Å². The number of rotatable bonds is 3. The molecule has 1 aromatic heterocycles. The molecule has 3 N–H and O–H groups in total. The van der Waals surface area contributed by atoms with Crippen molar-refractivity contribution in [1.29, 1.82) is 0 Å². The van der Waals surface area contributed by atoms with Gasteiger partial charge in [-0.05, 0) is 23.3 Å². The van der Waals surface area contributed by atoms with E-state index in [4.69, 9.17) is 0 Å². The van der Waals surface area contributed by atoms with E-state index in [1.54, 1.807) is 0 Å². The normalized spacial score (nSPS) is 24.5. The van der Waals surface area contributed by atoms with Crippen molar-refractivity contribution in [2.75, 3.05) is 5.32 Å². The number of carboxylic acids is 1. The number of nitrogens with one attached hydrogen (secondary N) is 1. The Kier molecular flexibility index (Phi) is 3.69. The number of carboxylic acid groups (broad SMARTS) is 1. The van der Waals surface area contributed by atoms with Crippen molar-refractivity contribution < 1.29 is 19.4 Å². The number of aromatic nitrogens is 3. The highest BCUT2D eigenvalue weighted by Crippen LogP contribution is 2.47. The van der Waals surface area contributed by atoms with E-state index in [1.807, 2.05) is 30.3 Å². The van der Waals surface area contributed by atoms with Crippen LogP contribution in [0.1, 0.15) is 23.1 Å². The Morgan fingerprint density at radius 1 is 1.12 bits per heavy atom. The average molecular weight is 354 g/mol. The summed E-state index contributed by atoms with van der Waals surface area (Å²) in [5.41, 5.74) is -1.18. The molecule has 26 heavy (non-hydrogen) atoms. The molecule has 0 unspecified atom stereocenters. The predicted octanol–water partition coefficient (Wildman–Crippen LogP) is 2.10. The number of hydrogen-bond acceptors (Lipinski definition) is 5. The van der Waals surface area contributed by atoms with Crippen LogP contribution in [0.5, 0.6) is 0 Å². The Balaban J connectivity index is 1.96. The Morgan fingerprint density at radius 2 is 1.81 bits per heavy atom. The van der Waals surface area contributed by atoms with Crippen LogP contribution < -0.4 is 5.32 Å². The van der Waals surface area contributed by atoms with Crippen molar-refractivity contribution in [1.82, 2.24) is 14.8 Å². The lowest BCUT2D eigenvalue weighted by atomic mass is 9.78. The van der Waals surface area contributed by atoms with Gasteiger partial charge in [0.15, 0.2) is 0 Å².